The number of rotatable bonds is 5. The number of hydrogen-bond acceptors (Lipinski definition) is 4. The standard InChI is InChI=1S/C23H16ClF3N4O/c24-21-11-8-17(12-20(21)23(25,26)27)30-22(32)15(13-28)14-31(18-4-2-1-3-5-18)19-9-6-16(29)7-10-19/h1-12,14H,29H2,(H,30,32)/b15-14-. The molecule has 0 aromatic heterocycles. The fourth-order valence-corrected chi connectivity index (χ4v) is 3.03. The van der Waals surface area contributed by atoms with Crippen molar-refractivity contribution < 1.29 is 18.0 Å². The summed E-state index contributed by atoms with van der Waals surface area (Å²) in [5, 5.41) is 11.4. The molecule has 0 atom stereocenters. The van der Waals surface area contributed by atoms with Gasteiger partial charge in [0.15, 0.2) is 0 Å². The zero-order chi connectivity index (χ0) is 23.3. The number of nitrogen functional groups attached to an aromatic ring is 1. The van der Waals surface area contributed by atoms with Crippen molar-refractivity contribution in [1.82, 2.24) is 0 Å². The number of nitrogens with two attached hydrogens (primary N) is 1. The van der Waals surface area contributed by atoms with Crippen LogP contribution < -0.4 is 16.0 Å². The van der Waals surface area contributed by atoms with E-state index in [9.17, 15) is 23.2 Å². The first-order valence-corrected chi connectivity index (χ1v) is 9.56. The van der Waals surface area contributed by atoms with Crippen LogP contribution in [-0.4, -0.2) is 5.91 Å². The third-order valence-electron chi connectivity index (χ3n) is 4.36. The Balaban J connectivity index is 1.96. The molecule has 162 valence electrons. The summed E-state index contributed by atoms with van der Waals surface area (Å²) in [4.78, 5) is 14.3. The van der Waals surface area contributed by atoms with Crippen molar-refractivity contribution in [3.63, 3.8) is 0 Å². The predicted molar refractivity (Wildman–Crippen MR) is 118 cm³/mol. The number of anilines is 4. The zero-order valence-corrected chi connectivity index (χ0v) is 17.2. The molecule has 0 aliphatic rings. The van der Waals surface area contributed by atoms with E-state index >= 15 is 0 Å². The summed E-state index contributed by atoms with van der Waals surface area (Å²) >= 11 is 5.61. The average Bonchev–Trinajstić information content (AvgIpc) is 2.76. The van der Waals surface area contributed by atoms with Crippen molar-refractivity contribution in [3.05, 3.63) is 95.2 Å². The van der Waals surface area contributed by atoms with Crippen molar-refractivity contribution in [1.29, 1.82) is 5.26 Å². The van der Waals surface area contributed by atoms with Gasteiger partial charge in [-0.25, -0.2) is 0 Å². The van der Waals surface area contributed by atoms with Crippen LogP contribution in [0.4, 0.5) is 35.9 Å². The summed E-state index contributed by atoms with van der Waals surface area (Å²) < 4.78 is 39.3. The van der Waals surface area contributed by atoms with E-state index in [1.165, 1.54) is 12.3 Å². The summed E-state index contributed by atoms with van der Waals surface area (Å²) in [5.41, 5.74) is 5.99. The smallest absolute Gasteiger partial charge is 0.399 e. The Bertz CT molecular complexity index is 1190. The van der Waals surface area contributed by atoms with Crippen LogP contribution in [0.25, 0.3) is 0 Å². The third kappa shape index (κ3) is 5.39. The number of nitrogens with one attached hydrogen (secondary N) is 1. The van der Waals surface area contributed by atoms with E-state index in [0.29, 0.717) is 23.1 Å². The topological polar surface area (TPSA) is 82.2 Å². The van der Waals surface area contributed by atoms with E-state index in [-0.39, 0.29) is 11.3 Å². The molecule has 0 spiro atoms. The second-order valence-corrected chi connectivity index (χ2v) is 7.01. The summed E-state index contributed by atoms with van der Waals surface area (Å²) in [7, 11) is 0. The van der Waals surface area contributed by atoms with Gasteiger partial charge in [0.05, 0.1) is 10.6 Å². The molecule has 5 nitrogen and oxygen atoms in total. The van der Waals surface area contributed by atoms with Crippen molar-refractivity contribution in [2.45, 2.75) is 6.18 Å². The molecule has 1 amide bonds. The first-order chi connectivity index (χ1) is 15.2. The number of hydrogen-bond donors (Lipinski definition) is 2. The van der Waals surface area contributed by atoms with E-state index in [0.717, 1.165) is 6.07 Å². The number of halogens is 4. The van der Waals surface area contributed by atoms with E-state index in [1.54, 1.807) is 59.5 Å². The molecule has 0 aliphatic heterocycles. The number of amides is 1. The van der Waals surface area contributed by atoms with Gasteiger partial charge in [-0.15, -0.1) is 0 Å². The highest BCUT2D eigenvalue weighted by Gasteiger charge is 2.33. The van der Waals surface area contributed by atoms with Crippen molar-refractivity contribution >= 4 is 40.3 Å². The molecule has 0 saturated carbocycles. The van der Waals surface area contributed by atoms with Gasteiger partial charge in [0.1, 0.15) is 11.6 Å². The van der Waals surface area contributed by atoms with Crippen molar-refractivity contribution in [2.75, 3.05) is 16.0 Å². The van der Waals surface area contributed by atoms with Crippen LogP contribution in [0.15, 0.2) is 84.6 Å². The van der Waals surface area contributed by atoms with Gasteiger partial charge >= 0.3 is 6.18 Å². The molecular formula is C23H16ClF3N4O. The molecule has 32 heavy (non-hydrogen) atoms. The van der Waals surface area contributed by atoms with Crippen LogP contribution in [0.5, 0.6) is 0 Å². The van der Waals surface area contributed by atoms with Gasteiger partial charge in [-0.3, -0.25) is 4.79 Å². The maximum absolute atomic E-state index is 13.1. The predicted octanol–water partition coefficient (Wildman–Crippen LogP) is 6.13. The molecule has 0 unspecified atom stereocenters. The number of para-hydroxylation sites is 1. The first kappa shape index (κ1) is 22.7. The molecule has 0 heterocycles. The minimum absolute atomic E-state index is 0.147. The largest absolute Gasteiger partial charge is 0.417 e. The normalized spacial score (nSPS) is 11.5. The molecule has 3 aromatic rings. The third-order valence-corrected chi connectivity index (χ3v) is 4.69. The number of nitrogens with zero attached hydrogens (tertiary/aromatic N) is 2. The highest BCUT2D eigenvalue weighted by atomic mass is 35.5. The average molecular weight is 457 g/mol. The number of carbonyl (C=O) groups is 1. The highest BCUT2D eigenvalue weighted by Crippen LogP contribution is 2.36. The zero-order valence-electron chi connectivity index (χ0n) is 16.4. The highest BCUT2D eigenvalue weighted by molar-refractivity contribution is 6.31. The maximum Gasteiger partial charge on any atom is 0.417 e. The van der Waals surface area contributed by atoms with Crippen LogP contribution in [0.3, 0.4) is 0 Å². The number of benzene rings is 3. The molecule has 0 bridgehead atoms. The van der Waals surface area contributed by atoms with Crippen LogP contribution in [-0.2, 0) is 11.0 Å². The molecule has 9 heteroatoms. The molecule has 3 rings (SSSR count). The lowest BCUT2D eigenvalue weighted by atomic mass is 10.1. The van der Waals surface area contributed by atoms with Gasteiger partial charge < -0.3 is 16.0 Å². The maximum atomic E-state index is 13.1. The molecule has 3 aromatic carbocycles. The lowest BCUT2D eigenvalue weighted by molar-refractivity contribution is -0.137. The van der Waals surface area contributed by atoms with Gasteiger partial charge in [-0.05, 0) is 54.6 Å². The second kappa shape index (κ2) is 9.45. The van der Waals surface area contributed by atoms with Crippen LogP contribution in [0, 0.1) is 11.3 Å². The Labute approximate surface area is 187 Å². The van der Waals surface area contributed by atoms with Crippen LogP contribution >= 0.6 is 11.6 Å². The Hall–Kier alpha value is -3.96. The Morgan fingerprint density at radius 2 is 1.66 bits per heavy atom. The molecule has 0 radical (unpaired) electrons. The monoisotopic (exact) mass is 456 g/mol. The van der Waals surface area contributed by atoms with Crippen molar-refractivity contribution in [2.24, 2.45) is 0 Å². The van der Waals surface area contributed by atoms with Gasteiger partial charge in [-0.1, -0.05) is 29.8 Å². The summed E-state index contributed by atoms with van der Waals surface area (Å²) in [6.07, 6.45) is -3.39. The molecule has 3 N–H and O–H groups in total. The lowest BCUT2D eigenvalue weighted by Crippen LogP contribution is -2.18. The van der Waals surface area contributed by atoms with Crippen LogP contribution in [0.1, 0.15) is 5.56 Å². The van der Waals surface area contributed by atoms with Gasteiger partial charge in [0.25, 0.3) is 5.91 Å². The minimum atomic E-state index is -4.69. The molecular weight excluding hydrogens is 441 g/mol. The Kier molecular flexibility index (Phi) is 6.71. The van der Waals surface area contributed by atoms with E-state index in [4.69, 9.17) is 17.3 Å². The quantitative estimate of drug-likeness (QED) is 0.275. The molecule has 0 fully saturated rings. The Morgan fingerprint density at radius 3 is 2.25 bits per heavy atom. The molecule has 0 saturated heterocycles. The summed E-state index contributed by atoms with van der Waals surface area (Å²) in [5.74, 6) is -0.876. The van der Waals surface area contributed by atoms with Crippen molar-refractivity contribution in [3.8, 4) is 6.07 Å². The summed E-state index contributed by atoms with van der Waals surface area (Å²) in [6, 6.07) is 20.4. The number of carbonyl (C=O) groups excluding carboxylic acids is 1. The van der Waals surface area contributed by atoms with E-state index in [1.807, 2.05) is 6.07 Å². The number of alkyl halides is 3. The van der Waals surface area contributed by atoms with E-state index in [2.05, 4.69) is 5.32 Å². The van der Waals surface area contributed by atoms with Gasteiger partial charge in [0, 0.05) is 28.9 Å². The number of nitriles is 1. The fourth-order valence-electron chi connectivity index (χ4n) is 2.81. The lowest BCUT2D eigenvalue weighted by Gasteiger charge is -2.21. The SMILES string of the molecule is N#C/C(=C/N(c1ccccc1)c1ccc(N)cc1)C(=O)Nc1ccc(Cl)c(C(F)(F)F)c1. The Morgan fingerprint density at radius 1 is 1.03 bits per heavy atom. The minimum Gasteiger partial charge on any atom is -0.399 e. The van der Waals surface area contributed by atoms with Gasteiger partial charge in [-0.2, -0.15) is 18.4 Å². The summed E-state index contributed by atoms with van der Waals surface area (Å²) in [6.45, 7) is 0. The fraction of sp³-hybridized carbons (Fsp3) is 0.0435. The van der Waals surface area contributed by atoms with Gasteiger partial charge in [0.2, 0.25) is 0 Å². The van der Waals surface area contributed by atoms with Crippen LogP contribution in [0.2, 0.25) is 5.02 Å². The second-order valence-electron chi connectivity index (χ2n) is 6.60. The first-order valence-electron chi connectivity index (χ1n) is 9.19. The van der Waals surface area contributed by atoms with E-state index < -0.39 is 22.7 Å². The molecule has 0 aliphatic carbocycles.